The van der Waals surface area contributed by atoms with Crippen molar-refractivity contribution in [3.63, 3.8) is 0 Å². The molecule has 116 valence electrons. The highest BCUT2D eigenvalue weighted by molar-refractivity contribution is 6.41. The fraction of sp³-hybridized carbons (Fsp3) is 0.571. The van der Waals surface area contributed by atoms with Crippen LogP contribution < -0.4 is 0 Å². The SMILES string of the molecule is Cn1c(C(=O)N2CCCCC2CCC(=O)O)cc(Cl)c1Cl. The molecular formula is C14H18Cl2N2O3. The van der Waals surface area contributed by atoms with E-state index in [2.05, 4.69) is 0 Å². The molecule has 0 bridgehead atoms. The maximum absolute atomic E-state index is 12.7. The van der Waals surface area contributed by atoms with E-state index in [0.717, 1.165) is 19.3 Å². The number of aliphatic carboxylic acids is 1. The third kappa shape index (κ3) is 3.52. The fourth-order valence-electron chi connectivity index (χ4n) is 2.75. The molecule has 1 aliphatic rings. The highest BCUT2D eigenvalue weighted by Crippen LogP contribution is 2.28. The Bertz CT molecular complexity index is 557. The normalized spacial score (nSPS) is 18.8. The van der Waals surface area contributed by atoms with E-state index in [1.165, 1.54) is 0 Å². The van der Waals surface area contributed by atoms with E-state index in [4.69, 9.17) is 28.3 Å². The molecule has 21 heavy (non-hydrogen) atoms. The Labute approximate surface area is 133 Å². The molecule has 0 saturated carbocycles. The Kier molecular flexibility index (Phi) is 5.17. The van der Waals surface area contributed by atoms with Gasteiger partial charge in [0.15, 0.2) is 0 Å². The predicted molar refractivity (Wildman–Crippen MR) is 81.0 cm³/mol. The van der Waals surface area contributed by atoms with E-state index >= 15 is 0 Å². The molecule has 1 aliphatic heterocycles. The Morgan fingerprint density at radius 1 is 1.38 bits per heavy atom. The number of carbonyl (C=O) groups is 2. The molecule has 7 heteroatoms. The summed E-state index contributed by atoms with van der Waals surface area (Å²) in [6, 6.07) is 1.53. The molecule has 2 heterocycles. The summed E-state index contributed by atoms with van der Waals surface area (Å²) in [5.74, 6) is -0.973. The molecular weight excluding hydrogens is 315 g/mol. The second-order valence-corrected chi connectivity index (χ2v) is 6.07. The number of hydrogen-bond acceptors (Lipinski definition) is 2. The van der Waals surface area contributed by atoms with Gasteiger partial charge in [-0.15, -0.1) is 0 Å². The molecule has 1 aromatic heterocycles. The first-order valence-electron chi connectivity index (χ1n) is 6.95. The maximum Gasteiger partial charge on any atom is 0.303 e. The number of rotatable bonds is 4. The first kappa shape index (κ1) is 16.2. The smallest absolute Gasteiger partial charge is 0.303 e. The van der Waals surface area contributed by atoms with Crippen molar-refractivity contribution >= 4 is 35.1 Å². The number of halogens is 2. The van der Waals surface area contributed by atoms with Crippen molar-refractivity contribution in [2.45, 2.75) is 38.1 Å². The maximum atomic E-state index is 12.7. The van der Waals surface area contributed by atoms with Crippen LogP contribution in [0.5, 0.6) is 0 Å². The van der Waals surface area contributed by atoms with Gasteiger partial charge in [0, 0.05) is 26.1 Å². The van der Waals surface area contributed by atoms with Crippen LogP contribution in [0.1, 0.15) is 42.6 Å². The summed E-state index contributed by atoms with van der Waals surface area (Å²) >= 11 is 12.0. The molecule has 1 amide bonds. The van der Waals surface area contributed by atoms with Crippen molar-refractivity contribution in [1.82, 2.24) is 9.47 Å². The number of carbonyl (C=O) groups excluding carboxylic acids is 1. The summed E-state index contributed by atoms with van der Waals surface area (Å²) in [6.07, 6.45) is 3.34. The zero-order valence-electron chi connectivity index (χ0n) is 11.8. The van der Waals surface area contributed by atoms with Gasteiger partial charge in [-0.3, -0.25) is 9.59 Å². The number of piperidine rings is 1. The van der Waals surface area contributed by atoms with Crippen molar-refractivity contribution in [3.8, 4) is 0 Å². The van der Waals surface area contributed by atoms with Gasteiger partial charge in [-0.2, -0.15) is 0 Å². The second-order valence-electron chi connectivity index (χ2n) is 5.31. The first-order chi connectivity index (χ1) is 9.91. The van der Waals surface area contributed by atoms with Gasteiger partial charge >= 0.3 is 5.97 Å². The summed E-state index contributed by atoms with van der Waals surface area (Å²) in [4.78, 5) is 25.2. The van der Waals surface area contributed by atoms with E-state index in [9.17, 15) is 9.59 Å². The van der Waals surface area contributed by atoms with E-state index in [1.807, 2.05) is 0 Å². The third-order valence-electron chi connectivity index (χ3n) is 3.91. The minimum Gasteiger partial charge on any atom is -0.481 e. The van der Waals surface area contributed by atoms with Gasteiger partial charge in [-0.05, 0) is 31.7 Å². The molecule has 0 radical (unpaired) electrons. The van der Waals surface area contributed by atoms with Crippen LogP contribution in [0.3, 0.4) is 0 Å². The molecule has 5 nitrogen and oxygen atoms in total. The second kappa shape index (κ2) is 6.71. The van der Waals surface area contributed by atoms with E-state index in [-0.39, 0.29) is 18.4 Å². The lowest BCUT2D eigenvalue weighted by atomic mass is 9.97. The molecule has 1 unspecified atom stereocenters. The Morgan fingerprint density at radius 3 is 2.67 bits per heavy atom. The molecule has 1 aromatic rings. The zero-order valence-corrected chi connectivity index (χ0v) is 13.3. The average molecular weight is 333 g/mol. The van der Waals surface area contributed by atoms with Crippen LogP contribution in [-0.2, 0) is 11.8 Å². The Hall–Kier alpha value is -1.20. The van der Waals surface area contributed by atoms with Gasteiger partial charge in [-0.1, -0.05) is 23.2 Å². The first-order valence-corrected chi connectivity index (χ1v) is 7.71. The summed E-state index contributed by atoms with van der Waals surface area (Å²) in [5.41, 5.74) is 0.437. The van der Waals surface area contributed by atoms with Crippen molar-refractivity contribution in [2.75, 3.05) is 6.54 Å². The number of hydrogen-bond donors (Lipinski definition) is 1. The van der Waals surface area contributed by atoms with E-state index in [1.54, 1.807) is 22.6 Å². The summed E-state index contributed by atoms with van der Waals surface area (Å²) in [6.45, 7) is 0.642. The number of aromatic nitrogens is 1. The van der Waals surface area contributed by atoms with Crippen molar-refractivity contribution in [1.29, 1.82) is 0 Å². The van der Waals surface area contributed by atoms with Crippen LogP contribution >= 0.6 is 23.2 Å². The van der Waals surface area contributed by atoms with Crippen LogP contribution in [-0.4, -0.2) is 39.0 Å². The number of likely N-dealkylation sites (tertiary alicyclic amines) is 1. The number of amides is 1. The molecule has 1 atom stereocenters. The lowest BCUT2D eigenvalue weighted by Gasteiger charge is -2.35. The Balaban J connectivity index is 2.18. The topological polar surface area (TPSA) is 62.5 Å². The quantitative estimate of drug-likeness (QED) is 0.920. The minimum absolute atomic E-state index is 0.0326. The Morgan fingerprint density at radius 2 is 2.10 bits per heavy atom. The lowest BCUT2D eigenvalue weighted by molar-refractivity contribution is -0.137. The molecule has 0 aromatic carbocycles. The minimum atomic E-state index is -0.835. The lowest BCUT2D eigenvalue weighted by Crippen LogP contribution is -2.44. The highest BCUT2D eigenvalue weighted by Gasteiger charge is 2.29. The van der Waals surface area contributed by atoms with Crippen molar-refractivity contribution in [3.05, 3.63) is 21.9 Å². The van der Waals surface area contributed by atoms with Gasteiger partial charge in [0.25, 0.3) is 5.91 Å². The summed E-state index contributed by atoms with van der Waals surface area (Å²) in [7, 11) is 1.69. The van der Waals surface area contributed by atoms with Crippen molar-refractivity contribution < 1.29 is 14.7 Å². The van der Waals surface area contributed by atoms with Gasteiger partial charge < -0.3 is 14.6 Å². The molecule has 2 rings (SSSR count). The predicted octanol–water partition coefficient (Wildman–Crippen LogP) is 3.19. The molecule has 1 fully saturated rings. The number of nitrogens with zero attached hydrogens (tertiary/aromatic N) is 2. The van der Waals surface area contributed by atoms with Crippen LogP contribution in [0.4, 0.5) is 0 Å². The van der Waals surface area contributed by atoms with Gasteiger partial charge in [0.05, 0.1) is 5.02 Å². The van der Waals surface area contributed by atoms with Crippen LogP contribution in [0.25, 0.3) is 0 Å². The van der Waals surface area contributed by atoms with Gasteiger partial charge in [0.1, 0.15) is 10.8 Å². The highest BCUT2D eigenvalue weighted by atomic mass is 35.5. The van der Waals surface area contributed by atoms with Crippen LogP contribution in [0.15, 0.2) is 6.07 Å². The summed E-state index contributed by atoms with van der Waals surface area (Å²) < 4.78 is 1.56. The summed E-state index contributed by atoms with van der Waals surface area (Å²) in [5, 5.41) is 9.51. The molecule has 1 N–H and O–H groups in total. The van der Waals surface area contributed by atoms with E-state index < -0.39 is 5.97 Å². The standard InChI is InChI=1S/C14H18Cl2N2O3/c1-17-11(8-10(15)13(17)16)14(21)18-7-3-2-4-9(18)5-6-12(19)20/h8-9H,2-7H2,1H3,(H,19,20). The average Bonchev–Trinajstić information content (AvgIpc) is 2.72. The molecule has 1 saturated heterocycles. The zero-order chi connectivity index (χ0) is 15.6. The fourth-order valence-corrected chi connectivity index (χ4v) is 3.13. The third-order valence-corrected chi connectivity index (χ3v) is 4.76. The number of carboxylic acids is 1. The molecule has 0 spiro atoms. The van der Waals surface area contributed by atoms with Gasteiger partial charge in [0.2, 0.25) is 0 Å². The monoisotopic (exact) mass is 332 g/mol. The number of carboxylic acid groups (broad SMARTS) is 1. The van der Waals surface area contributed by atoms with Crippen LogP contribution in [0, 0.1) is 0 Å². The van der Waals surface area contributed by atoms with Crippen molar-refractivity contribution in [2.24, 2.45) is 7.05 Å². The van der Waals surface area contributed by atoms with E-state index in [0.29, 0.717) is 28.8 Å². The van der Waals surface area contributed by atoms with Crippen LogP contribution in [0.2, 0.25) is 10.2 Å². The largest absolute Gasteiger partial charge is 0.481 e. The van der Waals surface area contributed by atoms with Gasteiger partial charge in [-0.25, -0.2) is 0 Å². The molecule has 0 aliphatic carbocycles.